The number of carbonyl (C=O) groups excluding carboxylic acids is 1. The van der Waals surface area contributed by atoms with Crippen LogP contribution >= 0.6 is 15.9 Å². The number of halogens is 2. The molecule has 1 fully saturated rings. The van der Waals surface area contributed by atoms with Crippen molar-refractivity contribution in [3.05, 3.63) is 46.4 Å². The van der Waals surface area contributed by atoms with E-state index in [2.05, 4.69) is 21.0 Å². The van der Waals surface area contributed by atoms with Gasteiger partial charge in [0, 0.05) is 30.7 Å². The zero-order valence-corrected chi connectivity index (χ0v) is 13.3. The zero-order valence-electron chi connectivity index (χ0n) is 11.8. The van der Waals surface area contributed by atoms with Gasteiger partial charge in [-0.2, -0.15) is 5.10 Å². The number of hydrogen-bond acceptors (Lipinski definition) is 2. The van der Waals surface area contributed by atoms with Crippen molar-refractivity contribution in [3.63, 3.8) is 0 Å². The first-order valence-corrected chi connectivity index (χ1v) is 7.48. The van der Waals surface area contributed by atoms with Crippen molar-refractivity contribution in [1.82, 2.24) is 9.78 Å². The Morgan fingerprint density at radius 3 is 2.90 bits per heavy atom. The summed E-state index contributed by atoms with van der Waals surface area (Å²) in [5, 5.41) is 4.13. The summed E-state index contributed by atoms with van der Waals surface area (Å²) in [5.41, 5.74) is 1.38. The van der Waals surface area contributed by atoms with Crippen LogP contribution in [0.1, 0.15) is 17.9 Å². The minimum absolute atomic E-state index is 0.0509. The van der Waals surface area contributed by atoms with Crippen molar-refractivity contribution >= 4 is 27.5 Å². The maximum atomic E-state index is 13.9. The fourth-order valence-corrected chi connectivity index (χ4v) is 2.92. The molecular weight excluding hydrogens is 337 g/mol. The molecule has 1 aliphatic rings. The summed E-state index contributed by atoms with van der Waals surface area (Å²) in [6.45, 7) is 0. The van der Waals surface area contributed by atoms with Crippen molar-refractivity contribution in [2.24, 2.45) is 13.0 Å². The second kappa shape index (κ2) is 5.26. The molecular formula is C15H15BrFN3O. The van der Waals surface area contributed by atoms with Gasteiger partial charge in [0.15, 0.2) is 0 Å². The number of benzene rings is 1. The summed E-state index contributed by atoms with van der Waals surface area (Å²) in [4.78, 5) is 13.9. The number of anilines is 1. The molecule has 21 heavy (non-hydrogen) atoms. The van der Waals surface area contributed by atoms with Crippen LogP contribution in [0.25, 0.3) is 0 Å². The maximum absolute atomic E-state index is 13.9. The van der Waals surface area contributed by atoms with Crippen LogP contribution in [0, 0.1) is 11.7 Å². The van der Waals surface area contributed by atoms with Gasteiger partial charge in [-0.1, -0.05) is 15.9 Å². The van der Waals surface area contributed by atoms with E-state index in [-0.39, 0.29) is 17.7 Å². The molecule has 6 heteroatoms. The van der Waals surface area contributed by atoms with Crippen LogP contribution in [0.3, 0.4) is 0 Å². The van der Waals surface area contributed by atoms with Crippen LogP contribution in [-0.4, -0.2) is 22.7 Å². The predicted octanol–water partition coefficient (Wildman–Crippen LogP) is 3.09. The first kappa shape index (κ1) is 14.3. The molecule has 0 spiro atoms. The molecule has 1 aromatic heterocycles. The van der Waals surface area contributed by atoms with Gasteiger partial charge in [0.25, 0.3) is 0 Å². The molecule has 1 amide bonds. The van der Waals surface area contributed by atoms with Gasteiger partial charge in [-0.3, -0.25) is 9.48 Å². The topological polar surface area (TPSA) is 38.1 Å². The van der Waals surface area contributed by atoms with Gasteiger partial charge in [-0.05, 0) is 36.1 Å². The van der Waals surface area contributed by atoms with E-state index in [1.165, 1.54) is 11.0 Å². The lowest BCUT2D eigenvalue weighted by Gasteiger charge is -2.18. The molecule has 1 aromatic carbocycles. The molecule has 2 aromatic rings. The van der Waals surface area contributed by atoms with Gasteiger partial charge in [0.2, 0.25) is 5.91 Å². The minimum atomic E-state index is -0.404. The lowest BCUT2D eigenvalue weighted by molar-refractivity contribution is -0.119. The second-order valence-electron chi connectivity index (χ2n) is 5.39. The highest BCUT2D eigenvalue weighted by Crippen LogP contribution is 2.48. The number of aryl methyl sites for hydroxylation is 1. The summed E-state index contributed by atoms with van der Waals surface area (Å²) >= 11 is 3.21. The molecule has 1 heterocycles. The Morgan fingerprint density at radius 1 is 1.52 bits per heavy atom. The largest absolute Gasteiger partial charge is 0.313 e. The van der Waals surface area contributed by atoms with Gasteiger partial charge in [0.05, 0.1) is 11.9 Å². The van der Waals surface area contributed by atoms with Gasteiger partial charge in [-0.15, -0.1) is 0 Å². The highest BCUT2D eigenvalue weighted by Gasteiger charge is 2.46. The second-order valence-corrected chi connectivity index (χ2v) is 6.30. The summed E-state index contributed by atoms with van der Waals surface area (Å²) in [5.74, 6) is -0.335. The SMILES string of the molecule is CN(C(=O)[C@@H]1C[C@H]1c1cnn(C)c1)c1ccc(Br)cc1F. The third-order valence-electron chi connectivity index (χ3n) is 3.86. The van der Waals surface area contributed by atoms with Crippen LogP contribution in [0.4, 0.5) is 10.1 Å². The fourth-order valence-electron chi connectivity index (χ4n) is 2.59. The Bertz CT molecular complexity index is 700. The van der Waals surface area contributed by atoms with E-state index >= 15 is 0 Å². The number of amides is 1. The molecule has 0 unspecified atom stereocenters. The highest BCUT2D eigenvalue weighted by molar-refractivity contribution is 9.10. The molecule has 2 atom stereocenters. The number of aromatic nitrogens is 2. The van der Waals surface area contributed by atoms with E-state index in [9.17, 15) is 9.18 Å². The molecule has 0 N–H and O–H groups in total. The Kier molecular flexibility index (Phi) is 3.57. The lowest BCUT2D eigenvalue weighted by atomic mass is 10.2. The van der Waals surface area contributed by atoms with E-state index in [0.29, 0.717) is 10.2 Å². The van der Waals surface area contributed by atoms with Gasteiger partial charge >= 0.3 is 0 Å². The first-order valence-electron chi connectivity index (χ1n) is 6.68. The normalized spacial score (nSPS) is 20.4. The van der Waals surface area contributed by atoms with Crippen LogP contribution in [0.15, 0.2) is 35.1 Å². The molecule has 3 rings (SSSR count). The van der Waals surface area contributed by atoms with Crippen molar-refractivity contribution in [3.8, 4) is 0 Å². The zero-order chi connectivity index (χ0) is 15.1. The number of rotatable bonds is 3. The predicted molar refractivity (Wildman–Crippen MR) is 81.6 cm³/mol. The van der Waals surface area contributed by atoms with E-state index < -0.39 is 5.82 Å². The number of hydrogen-bond donors (Lipinski definition) is 0. The molecule has 110 valence electrons. The molecule has 4 nitrogen and oxygen atoms in total. The minimum Gasteiger partial charge on any atom is -0.313 e. The average molecular weight is 352 g/mol. The Balaban J connectivity index is 1.74. The quantitative estimate of drug-likeness (QED) is 0.852. The Labute approximate surface area is 130 Å². The summed E-state index contributed by atoms with van der Waals surface area (Å²) < 4.78 is 16.3. The van der Waals surface area contributed by atoms with E-state index in [1.807, 2.05) is 13.2 Å². The standard InChI is InChI=1S/C15H15BrFN3O/c1-19-8-9(7-18-19)11-6-12(11)15(21)20(2)14-4-3-10(16)5-13(14)17/h3-5,7-8,11-12H,6H2,1-2H3/t11-,12+/m0/s1. The smallest absolute Gasteiger partial charge is 0.230 e. The van der Waals surface area contributed by atoms with Crippen molar-refractivity contribution in [2.75, 3.05) is 11.9 Å². The lowest BCUT2D eigenvalue weighted by Crippen LogP contribution is -2.29. The van der Waals surface area contributed by atoms with Gasteiger partial charge < -0.3 is 4.90 Å². The monoisotopic (exact) mass is 351 g/mol. The van der Waals surface area contributed by atoms with Gasteiger partial charge in [-0.25, -0.2) is 4.39 Å². The number of nitrogens with zero attached hydrogens (tertiary/aromatic N) is 3. The average Bonchev–Trinajstić information content (AvgIpc) is 3.12. The van der Waals surface area contributed by atoms with Crippen molar-refractivity contribution < 1.29 is 9.18 Å². The molecule has 0 radical (unpaired) electrons. The van der Waals surface area contributed by atoms with Crippen LogP contribution < -0.4 is 4.90 Å². The number of carbonyl (C=O) groups is 1. The van der Waals surface area contributed by atoms with Crippen LogP contribution in [-0.2, 0) is 11.8 Å². The summed E-state index contributed by atoms with van der Waals surface area (Å²) in [6, 6.07) is 4.71. The van der Waals surface area contributed by atoms with Crippen molar-refractivity contribution in [2.45, 2.75) is 12.3 Å². The first-order chi connectivity index (χ1) is 9.97. The van der Waals surface area contributed by atoms with E-state index in [1.54, 1.807) is 30.1 Å². The highest BCUT2D eigenvalue weighted by atomic mass is 79.9. The van der Waals surface area contributed by atoms with Crippen LogP contribution in [0.2, 0.25) is 0 Å². The third kappa shape index (κ3) is 2.72. The molecule has 0 saturated heterocycles. The van der Waals surface area contributed by atoms with E-state index in [4.69, 9.17) is 0 Å². The Morgan fingerprint density at radius 2 is 2.29 bits per heavy atom. The Hall–Kier alpha value is -1.69. The molecule has 1 aliphatic carbocycles. The van der Waals surface area contributed by atoms with Crippen LogP contribution in [0.5, 0.6) is 0 Å². The molecule has 0 aliphatic heterocycles. The van der Waals surface area contributed by atoms with E-state index in [0.717, 1.165) is 12.0 Å². The molecule has 0 bridgehead atoms. The maximum Gasteiger partial charge on any atom is 0.230 e. The third-order valence-corrected chi connectivity index (χ3v) is 4.36. The fraction of sp³-hybridized carbons (Fsp3) is 0.333. The summed E-state index contributed by atoms with van der Waals surface area (Å²) in [7, 11) is 3.47. The molecule has 1 saturated carbocycles. The van der Waals surface area contributed by atoms with Crippen molar-refractivity contribution in [1.29, 1.82) is 0 Å². The summed E-state index contributed by atoms with van der Waals surface area (Å²) in [6.07, 6.45) is 4.52. The van der Waals surface area contributed by atoms with Gasteiger partial charge in [0.1, 0.15) is 5.82 Å².